The summed E-state index contributed by atoms with van der Waals surface area (Å²) in [6, 6.07) is 14.4. The van der Waals surface area contributed by atoms with Crippen LogP contribution in [-0.4, -0.2) is 55.3 Å². The zero-order valence-corrected chi connectivity index (χ0v) is 21.7. The highest BCUT2D eigenvalue weighted by Gasteiger charge is 2.30. The highest BCUT2D eigenvalue weighted by Crippen LogP contribution is 2.35. The predicted molar refractivity (Wildman–Crippen MR) is 146 cm³/mol. The molecule has 196 valence electrons. The van der Waals surface area contributed by atoms with Gasteiger partial charge in [0.1, 0.15) is 22.9 Å². The second-order valence-corrected chi connectivity index (χ2v) is 10.4. The first kappa shape index (κ1) is 25.2. The smallest absolute Gasteiger partial charge is 0.410 e. The van der Waals surface area contributed by atoms with E-state index >= 15 is 0 Å². The summed E-state index contributed by atoms with van der Waals surface area (Å²) in [5, 5.41) is 8.49. The zero-order chi connectivity index (χ0) is 26.9. The Morgan fingerprint density at radius 3 is 2.55 bits per heavy atom. The average Bonchev–Trinajstić information content (AvgIpc) is 3.29. The van der Waals surface area contributed by atoms with Crippen LogP contribution in [0, 0.1) is 0 Å². The molecule has 0 radical (unpaired) electrons. The van der Waals surface area contributed by atoms with E-state index in [-0.39, 0.29) is 18.0 Å². The lowest BCUT2D eigenvalue weighted by Gasteiger charge is -2.34. The number of fused-ring (bicyclic) bond motifs is 1. The van der Waals surface area contributed by atoms with Crippen LogP contribution in [-0.2, 0) is 4.74 Å². The van der Waals surface area contributed by atoms with Gasteiger partial charge in [-0.2, -0.15) is 5.10 Å². The highest BCUT2D eigenvalue weighted by molar-refractivity contribution is 6.05. The second kappa shape index (κ2) is 10.1. The van der Waals surface area contributed by atoms with Crippen molar-refractivity contribution in [2.24, 2.45) is 0 Å². The Bertz CT molecular complexity index is 1460. The number of nitrogen functional groups attached to an aromatic ring is 1. The van der Waals surface area contributed by atoms with E-state index in [1.807, 2.05) is 49.7 Å². The molecule has 10 nitrogen and oxygen atoms in total. The lowest BCUT2D eigenvalue weighted by atomic mass is 10.1. The minimum atomic E-state index is -0.559. The molecule has 0 bridgehead atoms. The number of nitrogens with zero attached hydrogens (tertiary/aromatic N) is 5. The number of ether oxygens (including phenoxy) is 1. The van der Waals surface area contributed by atoms with Gasteiger partial charge in [0.25, 0.3) is 5.91 Å². The monoisotopic (exact) mass is 513 g/mol. The molecule has 38 heavy (non-hydrogen) atoms. The van der Waals surface area contributed by atoms with E-state index in [2.05, 4.69) is 15.3 Å². The van der Waals surface area contributed by atoms with E-state index in [1.165, 1.54) is 0 Å². The number of pyridine rings is 2. The van der Waals surface area contributed by atoms with E-state index in [0.717, 1.165) is 29.3 Å². The van der Waals surface area contributed by atoms with Gasteiger partial charge in [-0.1, -0.05) is 18.2 Å². The van der Waals surface area contributed by atoms with Crippen LogP contribution in [0.3, 0.4) is 0 Å². The van der Waals surface area contributed by atoms with Gasteiger partial charge in [-0.15, -0.1) is 0 Å². The molecule has 4 aromatic rings. The van der Waals surface area contributed by atoms with Crippen molar-refractivity contribution in [3.8, 4) is 11.3 Å². The lowest BCUT2D eigenvalue weighted by molar-refractivity contribution is 0.0169. The number of nitrogens with two attached hydrogens (primary N) is 1. The molecule has 3 aromatic heterocycles. The molecule has 0 saturated carbocycles. The van der Waals surface area contributed by atoms with Crippen molar-refractivity contribution in [3.63, 3.8) is 0 Å². The Hall–Kier alpha value is -4.47. The van der Waals surface area contributed by atoms with Crippen LogP contribution in [0.2, 0.25) is 0 Å². The van der Waals surface area contributed by atoms with E-state index in [4.69, 9.17) is 15.6 Å². The normalized spacial score (nSPS) is 15.9. The first-order valence-electron chi connectivity index (χ1n) is 12.6. The number of benzene rings is 1. The molecule has 1 aliphatic heterocycles. The molecule has 4 heterocycles. The molecule has 1 atom stereocenters. The Labute approximate surface area is 220 Å². The third-order valence-electron chi connectivity index (χ3n) is 6.37. The average molecular weight is 514 g/mol. The molecule has 3 N–H and O–H groups in total. The van der Waals surface area contributed by atoms with Crippen molar-refractivity contribution in [1.29, 1.82) is 0 Å². The van der Waals surface area contributed by atoms with Gasteiger partial charge in [0.15, 0.2) is 0 Å². The second-order valence-electron chi connectivity index (χ2n) is 10.4. The Morgan fingerprint density at radius 1 is 1.05 bits per heavy atom. The standard InChI is InChI=1S/C28H31N7O3/c1-28(2,3)38-27(37)34-16-6-7-20(17-34)35-21-13-15-31-25(29)23(21)24(33-35)18-9-11-19(12-10-18)26(36)32-22-8-4-5-14-30-22/h4-5,8-15,20H,6-7,16-17H2,1-3H3,(H2,29,31)(H,30,32,36)/t20-/m1/s1. The zero-order valence-electron chi connectivity index (χ0n) is 21.7. The Balaban J connectivity index is 1.43. The van der Waals surface area contributed by atoms with Gasteiger partial charge in [-0.05, 0) is 63.9 Å². The number of hydrogen-bond acceptors (Lipinski definition) is 7. The molecule has 1 aromatic carbocycles. The molecule has 5 rings (SSSR count). The minimum Gasteiger partial charge on any atom is -0.444 e. The number of nitrogens with one attached hydrogen (secondary N) is 1. The summed E-state index contributed by atoms with van der Waals surface area (Å²) in [5.74, 6) is 0.606. The predicted octanol–water partition coefficient (Wildman–Crippen LogP) is 4.90. The SMILES string of the molecule is CC(C)(C)OC(=O)N1CCC[C@@H](n2nc(-c3ccc(C(=O)Nc4ccccn4)cc3)c3c(N)nccc32)C1. The van der Waals surface area contributed by atoms with Crippen LogP contribution in [0.25, 0.3) is 22.2 Å². The van der Waals surface area contributed by atoms with Crippen LogP contribution in [0.5, 0.6) is 0 Å². The summed E-state index contributed by atoms with van der Waals surface area (Å²) in [7, 11) is 0. The van der Waals surface area contributed by atoms with Crippen LogP contribution in [0.15, 0.2) is 60.9 Å². The van der Waals surface area contributed by atoms with Crippen molar-refractivity contribution in [2.75, 3.05) is 24.1 Å². The summed E-state index contributed by atoms with van der Waals surface area (Å²) in [6.45, 7) is 6.72. The number of carbonyl (C=O) groups is 2. The van der Waals surface area contributed by atoms with Crippen LogP contribution in [0.1, 0.15) is 50.0 Å². The highest BCUT2D eigenvalue weighted by atomic mass is 16.6. The quantitative estimate of drug-likeness (QED) is 0.397. The number of piperidine rings is 1. The molecule has 1 aliphatic rings. The van der Waals surface area contributed by atoms with E-state index < -0.39 is 5.60 Å². The lowest BCUT2D eigenvalue weighted by Crippen LogP contribution is -2.43. The fourth-order valence-corrected chi connectivity index (χ4v) is 4.64. The molecule has 2 amide bonds. The first-order valence-corrected chi connectivity index (χ1v) is 12.6. The van der Waals surface area contributed by atoms with E-state index in [0.29, 0.717) is 36.0 Å². The first-order chi connectivity index (χ1) is 18.2. The summed E-state index contributed by atoms with van der Waals surface area (Å²) in [5.41, 5.74) is 8.60. The summed E-state index contributed by atoms with van der Waals surface area (Å²) >= 11 is 0. The van der Waals surface area contributed by atoms with Gasteiger partial charge < -0.3 is 20.7 Å². The third kappa shape index (κ3) is 5.29. The molecular formula is C28H31N7O3. The third-order valence-corrected chi connectivity index (χ3v) is 6.37. The van der Waals surface area contributed by atoms with Crippen LogP contribution < -0.4 is 11.1 Å². The Kier molecular flexibility index (Phi) is 6.71. The molecular weight excluding hydrogens is 482 g/mol. The number of carbonyl (C=O) groups excluding carboxylic acids is 2. The van der Waals surface area contributed by atoms with Crippen molar-refractivity contribution in [1.82, 2.24) is 24.6 Å². The largest absolute Gasteiger partial charge is 0.444 e. The summed E-state index contributed by atoms with van der Waals surface area (Å²) in [6.07, 6.45) is 4.67. The van der Waals surface area contributed by atoms with Crippen LogP contribution in [0.4, 0.5) is 16.4 Å². The molecule has 1 saturated heterocycles. The minimum absolute atomic E-state index is 0.0438. The number of anilines is 2. The maximum absolute atomic E-state index is 12.7. The van der Waals surface area contributed by atoms with Crippen LogP contribution >= 0.6 is 0 Å². The van der Waals surface area contributed by atoms with Gasteiger partial charge in [0.05, 0.1) is 16.9 Å². The molecule has 10 heteroatoms. The molecule has 0 unspecified atom stereocenters. The van der Waals surface area contributed by atoms with E-state index in [1.54, 1.807) is 41.6 Å². The van der Waals surface area contributed by atoms with Crippen molar-refractivity contribution >= 4 is 34.5 Å². The number of rotatable bonds is 4. The summed E-state index contributed by atoms with van der Waals surface area (Å²) < 4.78 is 7.55. The van der Waals surface area contributed by atoms with Gasteiger partial charge in [-0.25, -0.2) is 14.8 Å². The van der Waals surface area contributed by atoms with Gasteiger partial charge in [0.2, 0.25) is 0 Å². The number of hydrogen-bond donors (Lipinski definition) is 2. The van der Waals surface area contributed by atoms with Crippen molar-refractivity contribution in [3.05, 3.63) is 66.5 Å². The number of amides is 2. The maximum atomic E-state index is 12.7. The topological polar surface area (TPSA) is 128 Å². The van der Waals surface area contributed by atoms with Gasteiger partial charge in [0, 0.05) is 36.6 Å². The fourth-order valence-electron chi connectivity index (χ4n) is 4.64. The molecule has 0 spiro atoms. The molecule has 0 aliphatic carbocycles. The van der Waals surface area contributed by atoms with Gasteiger partial charge >= 0.3 is 6.09 Å². The number of aromatic nitrogens is 4. The van der Waals surface area contributed by atoms with Crippen molar-refractivity contribution in [2.45, 2.75) is 45.3 Å². The maximum Gasteiger partial charge on any atom is 0.410 e. The van der Waals surface area contributed by atoms with Crippen molar-refractivity contribution < 1.29 is 14.3 Å². The Morgan fingerprint density at radius 2 is 1.84 bits per heavy atom. The fraction of sp³-hybridized carbons (Fsp3) is 0.321. The summed E-state index contributed by atoms with van der Waals surface area (Å²) in [4.78, 5) is 35.6. The van der Waals surface area contributed by atoms with Gasteiger partial charge in [-0.3, -0.25) is 9.48 Å². The molecule has 1 fully saturated rings. The van der Waals surface area contributed by atoms with E-state index in [9.17, 15) is 9.59 Å². The number of likely N-dealkylation sites (tertiary alicyclic amines) is 1.